The highest BCUT2D eigenvalue weighted by Gasteiger charge is 2.30. The van der Waals surface area contributed by atoms with Crippen LogP contribution in [0.15, 0.2) is 10.6 Å². The second-order valence-corrected chi connectivity index (χ2v) is 5.67. The summed E-state index contributed by atoms with van der Waals surface area (Å²) in [6.45, 7) is 8.44. The Balaban J connectivity index is 1.72. The monoisotopic (exact) mass is 291 g/mol. The van der Waals surface area contributed by atoms with Gasteiger partial charge < -0.3 is 9.15 Å². The zero-order valence-corrected chi connectivity index (χ0v) is 12.9. The van der Waals surface area contributed by atoms with Crippen LogP contribution in [0.2, 0.25) is 0 Å². The molecule has 114 valence electrons. The Labute approximate surface area is 123 Å². The van der Waals surface area contributed by atoms with Gasteiger partial charge in [0.05, 0.1) is 12.3 Å². The van der Waals surface area contributed by atoms with Crippen molar-refractivity contribution in [1.29, 1.82) is 0 Å². The van der Waals surface area contributed by atoms with Gasteiger partial charge in [-0.1, -0.05) is 0 Å². The van der Waals surface area contributed by atoms with Gasteiger partial charge in [-0.15, -0.1) is 10.2 Å². The maximum absolute atomic E-state index is 5.93. The lowest BCUT2D eigenvalue weighted by Gasteiger charge is -2.35. The minimum absolute atomic E-state index is 0.132. The Bertz CT molecular complexity index is 621. The summed E-state index contributed by atoms with van der Waals surface area (Å²) >= 11 is 0. The van der Waals surface area contributed by atoms with E-state index in [1.54, 1.807) is 6.92 Å². The molecule has 3 heterocycles. The molecule has 0 bridgehead atoms. The maximum Gasteiger partial charge on any atom is 0.246 e. The van der Waals surface area contributed by atoms with E-state index in [2.05, 4.69) is 34.0 Å². The summed E-state index contributed by atoms with van der Waals surface area (Å²) in [7, 11) is 1.96. The molecule has 0 radical (unpaired) electrons. The predicted molar refractivity (Wildman–Crippen MR) is 75.5 cm³/mol. The molecule has 7 nitrogen and oxygen atoms in total. The van der Waals surface area contributed by atoms with Crippen LogP contribution >= 0.6 is 0 Å². The van der Waals surface area contributed by atoms with Gasteiger partial charge in [0.15, 0.2) is 0 Å². The van der Waals surface area contributed by atoms with E-state index in [-0.39, 0.29) is 12.2 Å². The third-order valence-electron chi connectivity index (χ3n) is 3.88. The van der Waals surface area contributed by atoms with Crippen LogP contribution < -0.4 is 0 Å². The van der Waals surface area contributed by atoms with Gasteiger partial charge in [-0.25, -0.2) is 0 Å². The molecule has 0 aliphatic carbocycles. The van der Waals surface area contributed by atoms with E-state index in [0.717, 1.165) is 19.6 Å². The summed E-state index contributed by atoms with van der Waals surface area (Å²) in [6.07, 6.45) is 1.90. The van der Waals surface area contributed by atoms with Crippen LogP contribution in [-0.2, 0) is 18.3 Å². The van der Waals surface area contributed by atoms with Gasteiger partial charge in [0.2, 0.25) is 11.8 Å². The lowest BCUT2D eigenvalue weighted by molar-refractivity contribution is -0.0918. The molecular formula is C14H21N5O2. The van der Waals surface area contributed by atoms with Gasteiger partial charge in [0.25, 0.3) is 0 Å². The van der Waals surface area contributed by atoms with E-state index >= 15 is 0 Å². The molecule has 1 fully saturated rings. The number of morpholine rings is 1. The quantitative estimate of drug-likeness (QED) is 0.851. The SMILES string of the molecule is Cc1nnc([C@H]2CN(Cc3cnn(C)c3C)C[C@@H](C)O2)o1. The topological polar surface area (TPSA) is 69.2 Å². The first-order chi connectivity index (χ1) is 10.0. The Kier molecular flexibility index (Phi) is 3.77. The van der Waals surface area contributed by atoms with Crippen molar-refractivity contribution in [3.8, 4) is 0 Å². The molecule has 1 aliphatic rings. The highest BCUT2D eigenvalue weighted by Crippen LogP contribution is 2.25. The Morgan fingerprint density at radius 3 is 2.71 bits per heavy atom. The van der Waals surface area contributed by atoms with Crippen molar-refractivity contribution in [2.75, 3.05) is 13.1 Å². The van der Waals surface area contributed by atoms with Crippen LogP contribution in [0.1, 0.15) is 36.1 Å². The molecule has 3 rings (SSSR count). The van der Waals surface area contributed by atoms with Gasteiger partial charge in [-0.05, 0) is 13.8 Å². The van der Waals surface area contributed by atoms with E-state index in [1.165, 1.54) is 11.3 Å². The van der Waals surface area contributed by atoms with Gasteiger partial charge in [-0.3, -0.25) is 9.58 Å². The zero-order valence-electron chi connectivity index (χ0n) is 12.9. The summed E-state index contributed by atoms with van der Waals surface area (Å²) in [5.74, 6) is 1.13. The number of ether oxygens (including phenoxy) is 1. The van der Waals surface area contributed by atoms with Gasteiger partial charge >= 0.3 is 0 Å². The smallest absolute Gasteiger partial charge is 0.246 e. The molecule has 1 aliphatic heterocycles. The maximum atomic E-state index is 5.93. The number of hydrogen-bond acceptors (Lipinski definition) is 6. The fraction of sp³-hybridized carbons (Fsp3) is 0.643. The van der Waals surface area contributed by atoms with Crippen molar-refractivity contribution in [3.05, 3.63) is 29.2 Å². The van der Waals surface area contributed by atoms with E-state index < -0.39 is 0 Å². The Morgan fingerprint density at radius 2 is 2.10 bits per heavy atom. The third kappa shape index (κ3) is 2.98. The molecule has 2 atom stereocenters. The average molecular weight is 291 g/mol. The largest absolute Gasteiger partial charge is 0.423 e. The van der Waals surface area contributed by atoms with Crippen LogP contribution in [0, 0.1) is 13.8 Å². The molecule has 2 aromatic rings. The van der Waals surface area contributed by atoms with Crippen LogP contribution in [0.4, 0.5) is 0 Å². The lowest BCUT2D eigenvalue weighted by Crippen LogP contribution is -2.42. The Hall–Kier alpha value is -1.73. The molecule has 0 saturated carbocycles. The van der Waals surface area contributed by atoms with Crippen molar-refractivity contribution in [2.24, 2.45) is 7.05 Å². The molecule has 0 amide bonds. The highest BCUT2D eigenvalue weighted by atomic mass is 16.5. The number of aromatic nitrogens is 4. The second kappa shape index (κ2) is 5.57. The molecule has 7 heteroatoms. The van der Waals surface area contributed by atoms with Gasteiger partial charge in [0, 0.05) is 44.9 Å². The first-order valence-corrected chi connectivity index (χ1v) is 7.18. The molecule has 0 unspecified atom stereocenters. The molecule has 1 saturated heterocycles. The number of nitrogens with zero attached hydrogens (tertiary/aromatic N) is 5. The van der Waals surface area contributed by atoms with E-state index in [1.807, 2.05) is 17.9 Å². The summed E-state index contributed by atoms with van der Waals surface area (Å²) in [4.78, 5) is 2.35. The fourth-order valence-corrected chi connectivity index (χ4v) is 2.69. The molecule has 21 heavy (non-hydrogen) atoms. The second-order valence-electron chi connectivity index (χ2n) is 5.67. The van der Waals surface area contributed by atoms with Crippen molar-refractivity contribution < 1.29 is 9.15 Å². The van der Waals surface area contributed by atoms with Crippen LogP contribution in [0.25, 0.3) is 0 Å². The van der Waals surface area contributed by atoms with E-state index in [9.17, 15) is 0 Å². The minimum Gasteiger partial charge on any atom is -0.423 e. The third-order valence-corrected chi connectivity index (χ3v) is 3.88. The molecule has 0 aromatic carbocycles. The van der Waals surface area contributed by atoms with Gasteiger partial charge in [0.1, 0.15) is 6.10 Å². The summed E-state index contributed by atoms with van der Waals surface area (Å²) in [5.41, 5.74) is 2.44. The fourth-order valence-electron chi connectivity index (χ4n) is 2.69. The summed E-state index contributed by atoms with van der Waals surface area (Å²) in [5, 5.41) is 12.3. The standard InChI is InChI=1S/C14H21N5O2/c1-9-6-19(7-12-5-15-18(4)10(12)2)8-13(20-9)14-17-16-11(3)21-14/h5,9,13H,6-8H2,1-4H3/t9-,13-/m1/s1. The summed E-state index contributed by atoms with van der Waals surface area (Å²) < 4.78 is 13.3. The number of rotatable bonds is 3. The van der Waals surface area contributed by atoms with Crippen molar-refractivity contribution in [2.45, 2.75) is 39.5 Å². The summed E-state index contributed by atoms with van der Waals surface area (Å²) in [6, 6.07) is 0. The van der Waals surface area contributed by atoms with Gasteiger partial charge in [-0.2, -0.15) is 5.10 Å². The zero-order chi connectivity index (χ0) is 15.0. The van der Waals surface area contributed by atoms with E-state index in [0.29, 0.717) is 11.8 Å². The highest BCUT2D eigenvalue weighted by molar-refractivity contribution is 5.15. The normalized spacial score (nSPS) is 23.6. The average Bonchev–Trinajstić information content (AvgIpc) is 2.99. The molecular weight excluding hydrogens is 270 g/mol. The van der Waals surface area contributed by atoms with Crippen molar-refractivity contribution >= 4 is 0 Å². The first-order valence-electron chi connectivity index (χ1n) is 7.18. The van der Waals surface area contributed by atoms with E-state index in [4.69, 9.17) is 9.15 Å². The van der Waals surface area contributed by atoms with Crippen molar-refractivity contribution in [1.82, 2.24) is 24.9 Å². The van der Waals surface area contributed by atoms with Crippen molar-refractivity contribution in [3.63, 3.8) is 0 Å². The number of hydrogen-bond donors (Lipinski definition) is 0. The molecule has 2 aromatic heterocycles. The van der Waals surface area contributed by atoms with Crippen LogP contribution in [0.5, 0.6) is 0 Å². The minimum atomic E-state index is -0.160. The lowest BCUT2D eigenvalue weighted by atomic mass is 10.1. The number of aryl methyl sites for hydroxylation is 2. The molecule has 0 N–H and O–H groups in total. The van der Waals surface area contributed by atoms with Crippen LogP contribution in [0.3, 0.4) is 0 Å². The first kappa shape index (κ1) is 14.2. The van der Waals surface area contributed by atoms with Crippen LogP contribution in [-0.4, -0.2) is 44.1 Å². The predicted octanol–water partition coefficient (Wildman–Crippen LogP) is 1.38. The molecule has 0 spiro atoms. The Morgan fingerprint density at radius 1 is 1.29 bits per heavy atom.